The van der Waals surface area contributed by atoms with Gasteiger partial charge in [0.2, 0.25) is 0 Å². The summed E-state index contributed by atoms with van der Waals surface area (Å²) in [5.74, 6) is -0.519. The third-order valence-corrected chi connectivity index (χ3v) is 3.77. The van der Waals surface area contributed by atoms with Crippen LogP contribution >= 0.6 is 0 Å². The second-order valence-corrected chi connectivity index (χ2v) is 5.92. The molecule has 1 amide bonds. The minimum atomic E-state index is -4.88. The Morgan fingerprint density at radius 2 is 2.08 bits per heavy atom. The van der Waals surface area contributed by atoms with Gasteiger partial charge in [-0.05, 0) is 43.4 Å². The van der Waals surface area contributed by atoms with Gasteiger partial charge in [-0.25, -0.2) is 0 Å². The fourth-order valence-electron chi connectivity index (χ4n) is 2.34. The number of hydrogen-bond donors (Lipinski definition) is 2. The summed E-state index contributed by atoms with van der Waals surface area (Å²) in [6, 6.07) is 7.07. The van der Waals surface area contributed by atoms with E-state index in [1.165, 1.54) is 11.9 Å². The summed E-state index contributed by atoms with van der Waals surface area (Å²) in [6.07, 6.45) is -2.03. The van der Waals surface area contributed by atoms with Crippen LogP contribution in [0.2, 0.25) is 0 Å². The lowest BCUT2D eigenvalue weighted by molar-refractivity contribution is -0.115. The molecule has 2 rings (SSSR count). The Morgan fingerprint density at radius 3 is 2.58 bits per heavy atom. The van der Waals surface area contributed by atoms with Crippen molar-refractivity contribution < 1.29 is 18.0 Å². The zero-order chi connectivity index (χ0) is 17.9. The predicted molar refractivity (Wildman–Crippen MR) is 87.2 cm³/mol. The van der Waals surface area contributed by atoms with E-state index >= 15 is 0 Å². The van der Waals surface area contributed by atoms with Crippen LogP contribution in [0.4, 0.5) is 18.9 Å². The van der Waals surface area contributed by atoms with Gasteiger partial charge in [0.25, 0.3) is 5.91 Å². The van der Waals surface area contributed by atoms with Gasteiger partial charge in [0, 0.05) is 25.5 Å². The van der Waals surface area contributed by atoms with Gasteiger partial charge in [0.05, 0.1) is 5.57 Å². The highest BCUT2D eigenvalue weighted by Crippen LogP contribution is 2.33. The molecule has 1 fully saturated rings. The van der Waals surface area contributed by atoms with Crippen molar-refractivity contribution in [3.05, 3.63) is 41.6 Å². The minimum Gasteiger partial charge on any atom is -0.393 e. The smallest absolute Gasteiger partial charge is 0.393 e. The van der Waals surface area contributed by atoms with Crippen molar-refractivity contribution in [1.82, 2.24) is 5.32 Å². The van der Waals surface area contributed by atoms with Crippen molar-refractivity contribution in [2.75, 3.05) is 18.5 Å². The number of aryl methyl sites for hydroxylation is 1. The maximum absolute atomic E-state index is 12.9. The van der Waals surface area contributed by atoms with Crippen molar-refractivity contribution in [1.29, 1.82) is 5.41 Å². The normalized spacial score (nSPS) is 15.1. The highest BCUT2D eigenvalue weighted by Gasteiger charge is 2.41. The monoisotopic (exact) mass is 339 g/mol. The largest absolute Gasteiger partial charge is 0.433 e. The van der Waals surface area contributed by atoms with Crippen LogP contribution < -0.4 is 10.2 Å². The van der Waals surface area contributed by atoms with Gasteiger partial charge in [-0.15, -0.1) is 0 Å². The number of benzene rings is 1. The highest BCUT2D eigenvalue weighted by molar-refractivity contribution is 6.26. The molecule has 0 atom stereocenters. The first-order chi connectivity index (χ1) is 11.2. The Kier molecular flexibility index (Phi) is 5.31. The fourth-order valence-corrected chi connectivity index (χ4v) is 2.34. The molecule has 1 saturated carbocycles. The Labute approximate surface area is 138 Å². The molecule has 0 unspecified atom stereocenters. The Hall–Kier alpha value is -2.31. The van der Waals surface area contributed by atoms with E-state index in [1.807, 2.05) is 13.0 Å². The molecule has 2 N–H and O–H groups in total. The Morgan fingerprint density at radius 1 is 1.42 bits per heavy atom. The van der Waals surface area contributed by atoms with E-state index in [1.54, 1.807) is 18.2 Å². The first-order valence-electron chi connectivity index (χ1n) is 7.66. The molecule has 1 aliphatic rings. The molecular formula is C17H20F3N3O. The second-order valence-electron chi connectivity index (χ2n) is 5.92. The zero-order valence-electron chi connectivity index (χ0n) is 13.6. The highest BCUT2D eigenvalue weighted by atomic mass is 19.4. The molecule has 0 aliphatic heterocycles. The molecular weight excluding hydrogens is 319 g/mol. The lowest BCUT2D eigenvalue weighted by Crippen LogP contribution is -2.39. The number of halogens is 3. The summed E-state index contributed by atoms with van der Waals surface area (Å²) in [7, 11) is 1.40. The molecule has 4 nitrogen and oxygen atoms in total. The van der Waals surface area contributed by atoms with Crippen LogP contribution in [0, 0.1) is 18.3 Å². The summed E-state index contributed by atoms with van der Waals surface area (Å²) >= 11 is 0. The first-order valence-corrected chi connectivity index (χ1v) is 7.66. The van der Waals surface area contributed by atoms with Crippen molar-refractivity contribution in [3.63, 3.8) is 0 Å². The second kappa shape index (κ2) is 7.07. The van der Waals surface area contributed by atoms with E-state index in [0.29, 0.717) is 18.2 Å². The summed E-state index contributed by atoms with van der Waals surface area (Å²) < 4.78 is 38.8. The van der Waals surface area contributed by atoms with E-state index in [-0.39, 0.29) is 0 Å². The molecule has 7 heteroatoms. The number of nitrogens with one attached hydrogen (secondary N) is 2. The Bertz CT molecular complexity index is 663. The number of anilines is 1. The van der Waals surface area contributed by atoms with Crippen molar-refractivity contribution in [3.8, 4) is 0 Å². The fraction of sp³-hybridized carbons (Fsp3) is 0.412. The van der Waals surface area contributed by atoms with Crippen LogP contribution in [0.1, 0.15) is 18.4 Å². The summed E-state index contributed by atoms with van der Waals surface area (Å²) in [6.45, 7) is 2.21. The van der Waals surface area contributed by atoms with Crippen molar-refractivity contribution in [2.45, 2.75) is 25.9 Å². The van der Waals surface area contributed by atoms with Crippen LogP contribution in [0.15, 0.2) is 36.0 Å². The average molecular weight is 339 g/mol. The van der Waals surface area contributed by atoms with Crippen LogP contribution in [0.5, 0.6) is 0 Å². The topological polar surface area (TPSA) is 56.2 Å². The summed E-state index contributed by atoms with van der Waals surface area (Å²) in [5, 5.41) is 9.78. The van der Waals surface area contributed by atoms with Crippen LogP contribution in [-0.4, -0.2) is 31.4 Å². The molecule has 130 valence electrons. The average Bonchev–Trinajstić information content (AvgIpc) is 3.32. The van der Waals surface area contributed by atoms with Gasteiger partial charge < -0.3 is 10.2 Å². The van der Waals surface area contributed by atoms with Gasteiger partial charge in [0.1, 0.15) is 5.71 Å². The lowest BCUT2D eigenvalue weighted by Gasteiger charge is -2.25. The molecule has 0 spiro atoms. The number of alkyl halides is 3. The third kappa shape index (κ3) is 4.37. The van der Waals surface area contributed by atoms with Crippen molar-refractivity contribution >= 4 is 17.3 Å². The molecule has 0 radical (unpaired) electrons. The number of carbonyl (C=O) groups excluding carboxylic acids is 1. The summed E-state index contributed by atoms with van der Waals surface area (Å²) in [4.78, 5) is 14.1. The summed E-state index contributed by atoms with van der Waals surface area (Å²) in [5.41, 5.74) is -0.877. The standard InChI is InChI=1S/C17H20F3N3O/c1-11-4-3-5-13(8-11)23(10-12-6-7-12)16(24)14(9-22-2)15(21)17(18,19)20/h3-5,8-9,12,21-22H,6-7,10H2,1-2H3/b14-9+,21-15?. The van der Waals surface area contributed by atoms with Gasteiger partial charge in [-0.2, -0.15) is 13.2 Å². The molecule has 1 aliphatic carbocycles. The number of rotatable bonds is 6. The van der Waals surface area contributed by atoms with E-state index < -0.39 is 23.4 Å². The minimum absolute atomic E-state index is 0.297. The van der Waals surface area contributed by atoms with Crippen molar-refractivity contribution in [2.24, 2.45) is 5.92 Å². The molecule has 1 aromatic carbocycles. The SMILES string of the molecule is CN/C=C(\C(=N)C(F)(F)F)C(=O)N(CC1CC1)c1cccc(C)c1. The number of hydrogen-bond acceptors (Lipinski definition) is 3. The molecule has 0 saturated heterocycles. The molecule has 0 aromatic heterocycles. The number of amides is 1. The van der Waals surface area contributed by atoms with Gasteiger partial charge in [-0.1, -0.05) is 12.1 Å². The van der Waals surface area contributed by atoms with E-state index in [0.717, 1.165) is 24.6 Å². The predicted octanol–water partition coefficient (Wildman–Crippen LogP) is 3.42. The molecule has 24 heavy (non-hydrogen) atoms. The third-order valence-electron chi connectivity index (χ3n) is 3.77. The molecule has 1 aromatic rings. The number of nitrogens with zero attached hydrogens (tertiary/aromatic N) is 1. The molecule has 0 bridgehead atoms. The lowest BCUT2D eigenvalue weighted by atomic mass is 10.1. The maximum atomic E-state index is 12.9. The van der Waals surface area contributed by atoms with E-state index in [9.17, 15) is 18.0 Å². The van der Waals surface area contributed by atoms with Gasteiger partial charge in [0.15, 0.2) is 0 Å². The van der Waals surface area contributed by atoms with Gasteiger partial charge in [-0.3, -0.25) is 10.2 Å². The quantitative estimate of drug-likeness (QED) is 0.616. The number of carbonyl (C=O) groups is 1. The first kappa shape index (κ1) is 18.0. The zero-order valence-corrected chi connectivity index (χ0v) is 13.6. The van der Waals surface area contributed by atoms with E-state index in [2.05, 4.69) is 5.32 Å². The van der Waals surface area contributed by atoms with E-state index in [4.69, 9.17) is 5.41 Å². The maximum Gasteiger partial charge on any atom is 0.433 e. The molecule has 0 heterocycles. The van der Waals surface area contributed by atoms with Crippen LogP contribution in [0.25, 0.3) is 0 Å². The Balaban J connectivity index is 2.38. The van der Waals surface area contributed by atoms with Crippen LogP contribution in [-0.2, 0) is 4.79 Å². The van der Waals surface area contributed by atoms with Gasteiger partial charge >= 0.3 is 6.18 Å². The van der Waals surface area contributed by atoms with Crippen LogP contribution in [0.3, 0.4) is 0 Å².